The summed E-state index contributed by atoms with van der Waals surface area (Å²) in [6.45, 7) is 4.94. The van der Waals surface area contributed by atoms with Crippen LogP contribution in [0.2, 0.25) is 0 Å². The van der Waals surface area contributed by atoms with Crippen LogP contribution in [0.15, 0.2) is 35.2 Å². The highest BCUT2D eigenvalue weighted by Gasteiger charge is 1.92. The van der Waals surface area contributed by atoms with Crippen LogP contribution in [0.5, 0.6) is 0 Å². The molecule has 0 fully saturated rings. The lowest BCUT2D eigenvalue weighted by atomic mass is 10.4. The zero-order valence-electron chi connectivity index (χ0n) is 11.2. The first kappa shape index (κ1) is 15.5. The van der Waals surface area contributed by atoms with Gasteiger partial charge < -0.3 is 15.4 Å². The highest BCUT2D eigenvalue weighted by molar-refractivity contribution is 7.99. The van der Waals surface area contributed by atoms with Crippen LogP contribution < -0.4 is 10.6 Å². The second-order valence-corrected chi connectivity index (χ2v) is 5.18. The average molecular weight is 268 g/mol. The predicted molar refractivity (Wildman–Crippen MR) is 79.4 cm³/mol. The van der Waals surface area contributed by atoms with E-state index in [4.69, 9.17) is 4.74 Å². The molecule has 4 heteroatoms. The fourth-order valence-electron chi connectivity index (χ4n) is 1.52. The molecule has 1 aromatic carbocycles. The van der Waals surface area contributed by atoms with Gasteiger partial charge in [-0.2, -0.15) is 0 Å². The van der Waals surface area contributed by atoms with Gasteiger partial charge in [0.2, 0.25) is 0 Å². The van der Waals surface area contributed by atoms with Crippen molar-refractivity contribution in [2.75, 3.05) is 45.6 Å². The summed E-state index contributed by atoms with van der Waals surface area (Å²) in [5, 5.41) is 6.79. The van der Waals surface area contributed by atoms with Gasteiger partial charge in [0.25, 0.3) is 0 Å². The first-order chi connectivity index (χ1) is 8.93. The van der Waals surface area contributed by atoms with Crippen LogP contribution >= 0.6 is 11.8 Å². The van der Waals surface area contributed by atoms with Crippen molar-refractivity contribution < 1.29 is 4.74 Å². The summed E-state index contributed by atoms with van der Waals surface area (Å²) < 4.78 is 4.96. The van der Waals surface area contributed by atoms with Crippen molar-refractivity contribution in [1.82, 2.24) is 10.6 Å². The largest absolute Gasteiger partial charge is 0.383 e. The van der Waals surface area contributed by atoms with Crippen molar-refractivity contribution in [3.8, 4) is 0 Å². The van der Waals surface area contributed by atoms with Gasteiger partial charge in [0, 0.05) is 30.8 Å². The minimum absolute atomic E-state index is 0.793. The monoisotopic (exact) mass is 268 g/mol. The maximum absolute atomic E-state index is 4.96. The van der Waals surface area contributed by atoms with E-state index >= 15 is 0 Å². The highest BCUT2D eigenvalue weighted by atomic mass is 32.2. The van der Waals surface area contributed by atoms with E-state index in [2.05, 4.69) is 41.0 Å². The van der Waals surface area contributed by atoms with E-state index < -0.39 is 0 Å². The zero-order valence-corrected chi connectivity index (χ0v) is 12.0. The SMILES string of the molecule is COCCNCCCNCCSc1ccccc1. The van der Waals surface area contributed by atoms with E-state index in [1.54, 1.807) is 7.11 Å². The number of ether oxygens (including phenoxy) is 1. The Balaban J connectivity index is 1.82. The average Bonchev–Trinajstić information content (AvgIpc) is 2.42. The zero-order chi connectivity index (χ0) is 12.9. The molecule has 2 N–H and O–H groups in total. The lowest BCUT2D eigenvalue weighted by Gasteiger charge is -2.06. The molecule has 0 aliphatic rings. The number of hydrogen-bond donors (Lipinski definition) is 2. The Morgan fingerprint density at radius 3 is 2.44 bits per heavy atom. The molecule has 0 heterocycles. The summed E-state index contributed by atoms with van der Waals surface area (Å²) in [4.78, 5) is 1.35. The van der Waals surface area contributed by atoms with Gasteiger partial charge in [-0.25, -0.2) is 0 Å². The van der Waals surface area contributed by atoms with E-state index in [0.717, 1.165) is 38.5 Å². The Hall–Kier alpha value is -0.550. The molecular formula is C14H24N2OS. The molecule has 0 bridgehead atoms. The van der Waals surface area contributed by atoms with E-state index in [0.29, 0.717) is 0 Å². The molecule has 0 aliphatic heterocycles. The lowest BCUT2D eigenvalue weighted by molar-refractivity contribution is 0.199. The molecule has 1 rings (SSSR count). The Labute approximate surface area is 115 Å². The molecule has 102 valence electrons. The minimum Gasteiger partial charge on any atom is -0.383 e. The second kappa shape index (κ2) is 11.5. The van der Waals surface area contributed by atoms with Gasteiger partial charge in [0.1, 0.15) is 0 Å². The number of methoxy groups -OCH3 is 1. The first-order valence-corrected chi connectivity index (χ1v) is 7.50. The number of hydrogen-bond acceptors (Lipinski definition) is 4. The first-order valence-electron chi connectivity index (χ1n) is 6.51. The third kappa shape index (κ3) is 8.53. The molecule has 18 heavy (non-hydrogen) atoms. The van der Waals surface area contributed by atoms with Gasteiger partial charge in [0.05, 0.1) is 6.61 Å². The summed E-state index contributed by atoms with van der Waals surface area (Å²) in [7, 11) is 1.73. The normalized spacial score (nSPS) is 10.7. The third-order valence-corrected chi connectivity index (χ3v) is 3.49. The topological polar surface area (TPSA) is 33.3 Å². The van der Waals surface area contributed by atoms with Crippen molar-refractivity contribution in [3.05, 3.63) is 30.3 Å². The molecule has 0 saturated carbocycles. The maximum Gasteiger partial charge on any atom is 0.0587 e. The van der Waals surface area contributed by atoms with Gasteiger partial charge >= 0.3 is 0 Å². The van der Waals surface area contributed by atoms with Gasteiger partial charge in [0.15, 0.2) is 0 Å². The van der Waals surface area contributed by atoms with Gasteiger partial charge in [-0.05, 0) is 31.6 Å². The Morgan fingerprint density at radius 2 is 1.72 bits per heavy atom. The molecule has 0 saturated heterocycles. The third-order valence-electron chi connectivity index (χ3n) is 2.48. The molecule has 0 amide bonds. The van der Waals surface area contributed by atoms with E-state index in [9.17, 15) is 0 Å². The molecule has 3 nitrogen and oxygen atoms in total. The number of benzene rings is 1. The molecule has 0 unspecified atom stereocenters. The van der Waals surface area contributed by atoms with Crippen LogP contribution in [0.4, 0.5) is 0 Å². The molecule has 1 aromatic rings. The van der Waals surface area contributed by atoms with Gasteiger partial charge in [-0.15, -0.1) is 11.8 Å². The van der Waals surface area contributed by atoms with E-state index in [-0.39, 0.29) is 0 Å². The smallest absolute Gasteiger partial charge is 0.0587 e. The van der Waals surface area contributed by atoms with E-state index in [1.807, 2.05) is 11.8 Å². The standard InChI is InChI=1S/C14H24N2OS/c1-17-12-10-15-8-5-9-16-11-13-18-14-6-3-2-4-7-14/h2-4,6-7,15-16H,5,8-13H2,1H3. The van der Waals surface area contributed by atoms with Gasteiger partial charge in [-0.1, -0.05) is 18.2 Å². The number of rotatable bonds is 11. The molecular weight excluding hydrogens is 244 g/mol. The van der Waals surface area contributed by atoms with Crippen molar-refractivity contribution in [3.63, 3.8) is 0 Å². The maximum atomic E-state index is 4.96. The Kier molecular flexibility index (Phi) is 9.94. The summed E-state index contributed by atoms with van der Waals surface area (Å²) in [5.74, 6) is 1.13. The second-order valence-electron chi connectivity index (χ2n) is 4.01. The van der Waals surface area contributed by atoms with Crippen LogP contribution in [0.1, 0.15) is 6.42 Å². The summed E-state index contributed by atoms with van der Waals surface area (Å²) >= 11 is 1.90. The van der Waals surface area contributed by atoms with Crippen LogP contribution in [0.3, 0.4) is 0 Å². The summed E-state index contributed by atoms with van der Waals surface area (Å²) in [5.41, 5.74) is 0. The van der Waals surface area contributed by atoms with Crippen molar-refractivity contribution in [2.45, 2.75) is 11.3 Å². The van der Waals surface area contributed by atoms with Crippen LogP contribution in [0, 0.1) is 0 Å². The molecule has 0 radical (unpaired) electrons. The summed E-state index contributed by atoms with van der Waals surface area (Å²) in [6.07, 6.45) is 1.17. The molecule has 0 spiro atoms. The predicted octanol–water partition coefficient (Wildman–Crippen LogP) is 1.99. The minimum atomic E-state index is 0.793. The van der Waals surface area contributed by atoms with Crippen molar-refractivity contribution >= 4 is 11.8 Å². The van der Waals surface area contributed by atoms with Gasteiger partial charge in [-0.3, -0.25) is 0 Å². The quantitative estimate of drug-likeness (QED) is 0.475. The Bertz CT molecular complexity index is 282. The van der Waals surface area contributed by atoms with E-state index in [1.165, 1.54) is 11.3 Å². The fraction of sp³-hybridized carbons (Fsp3) is 0.571. The van der Waals surface area contributed by atoms with Crippen LogP contribution in [0.25, 0.3) is 0 Å². The summed E-state index contributed by atoms with van der Waals surface area (Å²) in [6, 6.07) is 10.5. The lowest BCUT2D eigenvalue weighted by Crippen LogP contribution is -2.25. The van der Waals surface area contributed by atoms with Crippen molar-refractivity contribution in [1.29, 1.82) is 0 Å². The highest BCUT2D eigenvalue weighted by Crippen LogP contribution is 2.15. The number of nitrogens with one attached hydrogen (secondary N) is 2. The fourth-order valence-corrected chi connectivity index (χ4v) is 2.35. The molecule has 0 aromatic heterocycles. The van der Waals surface area contributed by atoms with Crippen LogP contribution in [-0.4, -0.2) is 45.6 Å². The van der Waals surface area contributed by atoms with Crippen molar-refractivity contribution in [2.24, 2.45) is 0 Å². The molecule has 0 atom stereocenters. The Morgan fingerprint density at radius 1 is 1.00 bits per heavy atom. The number of thioether (sulfide) groups is 1. The van der Waals surface area contributed by atoms with Crippen LogP contribution in [-0.2, 0) is 4.74 Å². The molecule has 0 aliphatic carbocycles.